The van der Waals surface area contributed by atoms with E-state index in [4.69, 9.17) is 18.9 Å². The lowest BCUT2D eigenvalue weighted by Gasteiger charge is -2.39. The highest BCUT2D eigenvalue weighted by Crippen LogP contribution is 2.35. The van der Waals surface area contributed by atoms with Gasteiger partial charge in [-0.1, -0.05) is 0 Å². The predicted molar refractivity (Wildman–Crippen MR) is 116 cm³/mol. The lowest BCUT2D eigenvalue weighted by molar-refractivity contribution is -0.186. The van der Waals surface area contributed by atoms with Gasteiger partial charge < -0.3 is 18.9 Å². The van der Waals surface area contributed by atoms with Crippen molar-refractivity contribution in [1.29, 1.82) is 0 Å². The molecule has 0 amide bonds. The first-order valence-electron chi connectivity index (χ1n) is 10.0. The van der Waals surface area contributed by atoms with Crippen LogP contribution in [0.2, 0.25) is 0 Å². The number of nitrogens with zero attached hydrogens (tertiary/aromatic N) is 2. The molecule has 9 nitrogen and oxygen atoms in total. The lowest BCUT2D eigenvalue weighted by Crippen LogP contribution is -2.55. The second kappa shape index (κ2) is 10.6. The van der Waals surface area contributed by atoms with Crippen LogP contribution in [0, 0.1) is 12.9 Å². The number of ether oxygens (including phenoxy) is 4. The number of hydrogen-bond donors (Lipinski definition) is 0. The minimum absolute atomic E-state index is 0.169. The molecule has 11 heteroatoms. The summed E-state index contributed by atoms with van der Waals surface area (Å²) >= 11 is 1.13. The van der Waals surface area contributed by atoms with Gasteiger partial charge in [0.05, 0.1) is 5.69 Å². The molecule has 33 heavy (non-hydrogen) atoms. The quantitative estimate of drug-likeness (QED) is 0.349. The fourth-order valence-corrected chi connectivity index (χ4v) is 4.43. The molecule has 3 heterocycles. The van der Waals surface area contributed by atoms with E-state index in [0.717, 1.165) is 17.5 Å². The summed E-state index contributed by atoms with van der Waals surface area (Å²) in [6.07, 6.45) is -1.57. The Bertz CT molecular complexity index is 1030. The van der Waals surface area contributed by atoms with E-state index in [2.05, 4.69) is 9.97 Å². The first kappa shape index (κ1) is 24.4. The monoisotopic (exact) mass is 478 g/mol. The molecule has 1 aliphatic heterocycles. The van der Waals surface area contributed by atoms with Crippen LogP contribution in [0.15, 0.2) is 30.5 Å². The number of pyridine rings is 2. The van der Waals surface area contributed by atoms with Crippen molar-refractivity contribution < 1.29 is 37.7 Å². The zero-order valence-corrected chi connectivity index (χ0v) is 19.3. The van der Waals surface area contributed by atoms with Crippen molar-refractivity contribution >= 4 is 29.7 Å². The number of aryl methyl sites for hydroxylation is 1. The van der Waals surface area contributed by atoms with Crippen molar-refractivity contribution in [3.8, 4) is 17.0 Å². The molecule has 1 fully saturated rings. The van der Waals surface area contributed by atoms with E-state index >= 15 is 0 Å². The van der Waals surface area contributed by atoms with Crippen LogP contribution in [0.25, 0.3) is 11.3 Å². The first-order chi connectivity index (χ1) is 15.6. The molecule has 0 N–H and O–H groups in total. The minimum atomic E-state index is -1.16. The summed E-state index contributed by atoms with van der Waals surface area (Å²) in [7, 11) is 0. The predicted octanol–water partition coefficient (Wildman–Crippen LogP) is 2.84. The zero-order valence-electron chi connectivity index (χ0n) is 18.4. The molecule has 1 aliphatic rings. The van der Waals surface area contributed by atoms with Crippen LogP contribution >= 0.6 is 11.8 Å². The summed E-state index contributed by atoms with van der Waals surface area (Å²) in [4.78, 5) is 43.0. The van der Waals surface area contributed by atoms with E-state index in [1.54, 1.807) is 24.4 Å². The molecule has 0 unspecified atom stereocenters. The van der Waals surface area contributed by atoms with Gasteiger partial charge in [0.15, 0.2) is 29.5 Å². The largest absolute Gasteiger partial charge is 0.471 e. The molecule has 2 aromatic heterocycles. The second-order valence-electron chi connectivity index (χ2n) is 7.29. The number of halogens is 1. The molecular formula is C22H23FN2O7S. The third-order valence-corrected chi connectivity index (χ3v) is 5.78. The van der Waals surface area contributed by atoms with Gasteiger partial charge in [-0.3, -0.25) is 19.4 Å². The summed E-state index contributed by atoms with van der Waals surface area (Å²) in [5.74, 6) is -2.81. The number of rotatable bonds is 6. The molecule has 0 aliphatic carbocycles. The van der Waals surface area contributed by atoms with Crippen molar-refractivity contribution in [3.05, 3.63) is 42.1 Å². The normalized spacial score (nSPS) is 22.2. The molecule has 3 rings (SSSR count). The van der Waals surface area contributed by atoms with Gasteiger partial charge in [0.25, 0.3) is 5.95 Å². The van der Waals surface area contributed by atoms with Crippen LogP contribution < -0.4 is 4.74 Å². The fraction of sp³-hybridized carbons (Fsp3) is 0.409. The van der Waals surface area contributed by atoms with Crippen LogP contribution in [0.5, 0.6) is 5.75 Å². The maximum atomic E-state index is 14.8. The maximum absolute atomic E-state index is 14.8. The van der Waals surface area contributed by atoms with E-state index in [1.165, 1.54) is 26.8 Å². The van der Waals surface area contributed by atoms with Crippen LogP contribution in [-0.2, 0) is 28.6 Å². The third-order valence-electron chi connectivity index (χ3n) is 4.57. The van der Waals surface area contributed by atoms with Gasteiger partial charge >= 0.3 is 17.9 Å². The average molecular weight is 478 g/mol. The molecule has 2 aromatic rings. The summed E-state index contributed by atoms with van der Waals surface area (Å²) in [6.45, 7) is 5.40. The molecule has 176 valence electrons. The Labute approximate surface area is 194 Å². The topological polar surface area (TPSA) is 114 Å². The maximum Gasteiger partial charge on any atom is 0.303 e. The number of hydrogen-bond acceptors (Lipinski definition) is 10. The zero-order chi connectivity index (χ0) is 24.1. The smallest absolute Gasteiger partial charge is 0.303 e. The Hall–Kier alpha value is -3.21. The molecule has 0 spiro atoms. The van der Waals surface area contributed by atoms with Crippen molar-refractivity contribution in [2.45, 2.75) is 51.4 Å². The van der Waals surface area contributed by atoms with Gasteiger partial charge in [-0.2, -0.15) is 4.39 Å². The Morgan fingerprint density at radius 1 is 0.970 bits per heavy atom. The first-order valence-corrected chi connectivity index (χ1v) is 11.1. The lowest BCUT2D eigenvalue weighted by atomic mass is 10.1. The van der Waals surface area contributed by atoms with E-state index in [1.807, 2.05) is 6.92 Å². The molecule has 0 radical (unpaired) electrons. The van der Waals surface area contributed by atoms with E-state index < -0.39 is 47.6 Å². The van der Waals surface area contributed by atoms with Crippen molar-refractivity contribution in [2.24, 2.45) is 0 Å². The standard InChI is InChI=1S/C22H23FN2O7S/c1-11-5-6-15(9-24-11)16-7-8-17(21(23)25-16)32-22-20(31-14(4)28)19(30-13(3)27)18(10-33-22)29-12(2)26/h5-9,18-20,22H,10H2,1-4H3/t18-,19+,20-,22-/m1/s1. The molecular weight excluding hydrogens is 455 g/mol. The Morgan fingerprint density at radius 2 is 1.64 bits per heavy atom. The van der Waals surface area contributed by atoms with E-state index in [0.29, 0.717) is 11.3 Å². The fourth-order valence-electron chi connectivity index (χ4n) is 3.22. The highest BCUT2D eigenvalue weighted by Gasteiger charge is 2.48. The third kappa shape index (κ3) is 6.41. The molecule has 0 aromatic carbocycles. The van der Waals surface area contributed by atoms with Gasteiger partial charge in [0, 0.05) is 44.0 Å². The molecule has 0 bridgehead atoms. The second-order valence-corrected chi connectivity index (χ2v) is 8.42. The molecule has 0 saturated carbocycles. The Morgan fingerprint density at radius 3 is 2.21 bits per heavy atom. The van der Waals surface area contributed by atoms with Gasteiger partial charge in [0.2, 0.25) is 0 Å². The van der Waals surface area contributed by atoms with Crippen LogP contribution in [0.3, 0.4) is 0 Å². The summed E-state index contributed by atoms with van der Waals surface area (Å²) in [5.41, 5.74) is 0.871. The number of aromatic nitrogens is 2. The van der Waals surface area contributed by atoms with Crippen LogP contribution in [0.4, 0.5) is 4.39 Å². The van der Waals surface area contributed by atoms with Crippen molar-refractivity contribution in [3.63, 3.8) is 0 Å². The van der Waals surface area contributed by atoms with Gasteiger partial charge in [0.1, 0.15) is 0 Å². The number of thioether (sulfide) groups is 1. The SMILES string of the molecule is CC(=O)O[C@@H]1[C@@H](OC(C)=O)[C@H](OC(C)=O)CS[C@H]1Oc1ccc(-c2ccc(C)nc2)nc1F. The summed E-state index contributed by atoms with van der Waals surface area (Å²) < 4.78 is 36.4. The summed E-state index contributed by atoms with van der Waals surface area (Å²) in [5, 5.41) is 0. The van der Waals surface area contributed by atoms with Crippen molar-refractivity contribution in [1.82, 2.24) is 9.97 Å². The number of carbonyl (C=O) groups excluding carboxylic acids is 3. The van der Waals surface area contributed by atoms with Gasteiger partial charge in [-0.25, -0.2) is 4.98 Å². The van der Waals surface area contributed by atoms with Crippen LogP contribution in [0.1, 0.15) is 26.5 Å². The van der Waals surface area contributed by atoms with E-state index in [-0.39, 0.29) is 11.5 Å². The Kier molecular flexibility index (Phi) is 7.85. The minimum Gasteiger partial charge on any atom is -0.471 e. The highest BCUT2D eigenvalue weighted by molar-refractivity contribution is 7.99. The van der Waals surface area contributed by atoms with Gasteiger partial charge in [-0.15, -0.1) is 11.8 Å². The molecule has 1 saturated heterocycles. The Balaban J connectivity index is 1.85. The summed E-state index contributed by atoms with van der Waals surface area (Å²) in [6, 6.07) is 6.54. The van der Waals surface area contributed by atoms with Crippen molar-refractivity contribution in [2.75, 3.05) is 5.75 Å². The van der Waals surface area contributed by atoms with Crippen LogP contribution in [-0.4, -0.2) is 57.4 Å². The van der Waals surface area contributed by atoms with E-state index in [9.17, 15) is 18.8 Å². The number of esters is 3. The van der Waals surface area contributed by atoms with Gasteiger partial charge in [-0.05, 0) is 31.2 Å². The highest BCUT2D eigenvalue weighted by atomic mass is 32.2. The average Bonchev–Trinajstić information content (AvgIpc) is 2.73. The number of carbonyl (C=O) groups is 3. The molecule has 4 atom stereocenters.